The van der Waals surface area contributed by atoms with Gasteiger partial charge in [-0.05, 0) is 61.4 Å². The summed E-state index contributed by atoms with van der Waals surface area (Å²) in [6, 6.07) is 5.22. The van der Waals surface area contributed by atoms with Crippen LogP contribution in [0.4, 0.5) is 4.39 Å². The van der Waals surface area contributed by atoms with Gasteiger partial charge in [0.25, 0.3) is 0 Å². The van der Waals surface area contributed by atoms with Gasteiger partial charge in [0.1, 0.15) is 5.82 Å². The predicted molar refractivity (Wildman–Crippen MR) is 72.6 cm³/mol. The molecule has 0 aromatic heterocycles. The molecule has 0 radical (unpaired) electrons. The first-order valence-corrected chi connectivity index (χ1v) is 7.09. The lowest BCUT2D eigenvalue weighted by atomic mass is 9.96. The summed E-state index contributed by atoms with van der Waals surface area (Å²) in [7, 11) is 0. The van der Waals surface area contributed by atoms with Crippen molar-refractivity contribution in [3.63, 3.8) is 0 Å². The van der Waals surface area contributed by atoms with Crippen LogP contribution in [0.3, 0.4) is 0 Å². The van der Waals surface area contributed by atoms with E-state index < -0.39 is 0 Å². The van der Waals surface area contributed by atoms with Gasteiger partial charge in [0.2, 0.25) is 0 Å². The van der Waals surface area contributed by atoms with E-state index in [1.807, 2.05) is 6.07 Å². The van der Waals surface area contributed by atoms with Crippen LogP contribution in [0.25, 0.3) is 0 Å². The van der Waals surface area contributed by atoms with Gasteiger partial charge in [-0.3, -0.25) is 0 Å². The van der Waals surface area contributed by atoms with Crippen LogP contribution in [-0.2, 0) is 6.42 Å². The highest BCUT2D eigenvalue weighted by Crippen LogP contribution is 2.48. The zero-order valence-corrected chi connectivity index (χ0v) is 11.8. The van der Waals surface area contributed by atoms with E-state index in [-0.39, 0.29) is 5.82 Å². The molecule has 0 amide bonds. The number of hydrogen-bond acceptors (Lipinski definition) is 1. The maximum atomic E-state index is 13.7. The van der Waals surface area contributed by atoms with Gasteiger partial charge in [0.05, 0.1) is 0 Å². The van der Waals surface area contributed by atoms with E-state index in [0.717, 1.165) is 36.0 Å². The highest BCUT2D eigenvalue weighted by Gasteiger charge is 2.42. The van der Waals surface area contributed by atoms with Crippen molar-refractivity contribution >= 4 is 15.9 Å². The van der Waals surface area contributed by atoms with Crippen LogP contribution in [0.15, 0.2) is 22.7 Å². The second-order valence-electron chi connectivity index (χ2n) is 5.09. The SMILES string of the molecule is CCCNCC1(Cc2cc(Br)ccc2F)CC1. The van der Waals surface area contributed by atoms with Crippen molar-refractivity contribution < 1.29 is 4.39 Å². The maximum Gasteiger partial charge on any atom is 0.126 e. The van der Waals surface area contributed by atoms with Crippen LogP contribution in [0, 0.1) is 11.2 Å². The molecule has 1 saturated carbocycles. The molecule has 0 saturated heterocycles. The lowest BCUT2D eigenvalue weighted by Crippen LogP contribution is -2.26. The molecular formula is C14H19BrFN. The summed E-state index contributed by atoms with van der Waals surface area (Å²) in [5.74, 6) is -0.0741. The molecule has 0 aliphatic heterocycles. The molecule has 2 rings (SSSR count). The van der Waals surface area contributed by atoms with Gasteiger partial charge >= 0.3 is 0 Å². The molecule has 0 atom stereocenters. The van der Waals surface area contributed by atoms with Crippen LogP contribution < -0.4 is 5.32 Å². The number of rotatable bonds is 6. The fourth-order valence-corrected chi connectivity index (χ4v) is 2.61. The Balaban J connectivity index is 1.97. The standard InChI is InChI=1S/C14H19BrFN/c1-2-7-17-10-14(5-6-14)9-11-8-12(15)3-4-13(11)16/h3-4,8,17H,2,5-7,9-10H2,1H3. The highest BCUT2D eigenvalue weighted by atomic mass is 79.9. The molecule has 0 spiro atoms. The van der Waals surface area contributed by atoms with Gasteiger partial charge in [-0.1, -0.05) is 22.9 Å². The summed E-state index contributed by atoms with van der Waals surface area (Å²) in [4.78, 5) is 0. The summed E-state index contributed by atoms with van der Waals surface area (Å²) >= 11 is 3.41. The number of benzene rings is 1. The first-order valence-electron chi connectivity index (χ1n) is 6.30. The quantitative estimate of drug-likeness (QED) is 0.785. The molecule has 1 fully saturated rings. The average molecular weight is 300 g/mol. The van der Waals surface area contributed by atoms with Gasteiger partial charge in [-0.15, -0.1) is 0 Å². The zero-order chi connectivity index (χ0) is 12.3. The van der Waals surface area contributed by atoms with E-state index in [4.69, 9.17) is 0 Å². The molecular weight excluding hydrogens is 281 g/mol. The second-order valence-corrected chi connectivity index (χ2v) is 6.00. The predicted octanol–water partition coefficient (Wildman–Crippen LogP) is 3.91. The third-order valence-corrected chi connectivity index (χ3v) is 3.95. The first-order chi connectivity index (χ1) is 8.15. The van der Waals surface area contributed by atoms with Crippen molar-refractivity contribution in [1.29, 1.82) is 0 Å². The van der Waals surface area contributed by atoms with Gasteiger partial charge in [0, 0.05) is 11.0 Å². The molecule has 1 aromatic rings. The van der Waals surface area contributed by atoms with Crippen molar-refractivity contribution in [3.8, 4) is 0 Å². The monoisotopic (exact) mass is 299 g/mol. The third kappa shape index (κ3) is 3.52. The minimum absolute atomic E-state index is 0.0741. The minimum Gasteiger partial charge on any atom is -0.316 e. The van der Waals surface area contributed by atoms with Crippen molar-refractivity contribution in [1.82, 2.24) is 5.32 Å². The van der Waals surface area contributed by atoms with Crippen LogP contribution in [0.1, 0.15) is 31.7 Å². The van der Waals surface area contributed by atoms with E-state index in [2.05, 4.69) is 28.2 Å². The Labute approximate surface area is 111 Å². The minimum atomic E-state index is -0.0741. The fraction of sp³-hybridized carbons (Fsp3) is 0.571. The van der Waals surface area contributed by atoms with Gasteiger partial charge in [0.15, 0.2) is 0 Å². The molecule has 0 unspecified atom stereocenters. The van der Waals surface area contributed by atoms with Crippen molar-refractivity contribution in [2.45, 2.75) is 32.6 Å². The molecule has 0 bridgehead atoms. The van der Waals surface area contributed by atoms with E-state index in [1.54, 1.807) is 12.1 Å². The van der Waals surface area contributed by atoms with Crippen molar-refractivity contribution in [2.75, 3.05) is 13.1 Å². The Bertz CT molecular complexity index is 388. The average Bonchev–Trinajstić information content (AvgIpc) is 3.04. The van der Waals surface area contributed by atoms with E-state index in [1.165, 1.54) is 12.8 Å². The number of hydrogen-bond donors (Lipinski definition) is 1. The van der Waals surface area contributed by atoms with Gasteiger partial charge in [-0.25, -0.2) is 4.39 Å². The molecule has 1 aliphatic carbocycles. The molecule has 3 heteroatoms. The van der Waals surface area contributed by atoms with E-state index in [9.17, 15) is 4.39 Å². The molecule has 1 N–H and O–H groups in total. The lowest BCUT2D eigenvalue weighted by molar-refractivity contribution is 0.446. The Kier molecular flexibility index (Phi) is 4.21. The molecule has 17 heavy (non-hydrogen) atoms. The first kappa shape index (κ1) is 13.0. The second kappa shape index (κ2) is 5.49. The van der Waals surface area contributed by atoms with Crippen LogP contribution in [-0.4, -0.2) is 13.1 Å². The summed E-state index contributed by atoms with van der Waals surface area (Å²) in [6.45, 7) is 4.25. The molecule has 1 aromatic carbocycles. The Hall–Kier alpha value is -0.410. The number of nitrogens with one attached hydrogen (secondary N) is 1. The summed E-state index contributed by atoms with van der Waals surface area (Å²) in [5.41, 5.74) is 1.16. The number of halogens is 2. The van der Waals surface area contributed by atoms with Crippen LogP contribution >= 0.6 is 15.9 Å². The molecule has 1 aliphatic rings. The van der Waals surface area contributed by atoms with E-state index >= 15 is 0 Å². The van der Waals surface area contributed by atoms with Crippen molar-refractivity contribution in [2.24, 2.45) is 5.41 Å². The maximum absolute atomic E-state index is 13.7. The normalized spacial score (nSPS) is 17.1. The smallest absolute Gasteiger partial charge is 0.126 e. The summed E-state index contributed by atoms with van der Waals surface area (Å²) < 4.78 is 14.6. The zero-order valence-electron chi connectivity index (χ0n) is 10.2. The Morgan fingerprint density at radius 3 is 2.82 bits per heavy atom. The van der Waals surface area contributed by atoms with Gasteiger partial charge in [-0.2, -0.15) is 0 Å². The van der Waals surface area contributed by atoms with Crippen LogP contribution in [0.2, 0.25) is 0 Å². The highest BCUT2D eigenvalue weighted by molar-refractivity contribution is 9.10. The largest absolute Gasteiger partial charge is 0.316 e. The molecule has 1 nitrogen and oxygen atoms in total. The summed E-state index contributed by atoms with van der Waals surface area (Å²) in [5, 5.41) is 3.46. The summed E-state index contributed by atoms with van der Waals surface area (Å²) in [6.07, 6.45) is 4.45. The van der Waals surface area contributed by atoms with Gasteiger partial charge < -0.3 is 5.32 Å². The molecule has 0 heterocycles. The molecule has 94 valence electrons. The third-order valence-electron chi connectivity index (χ3n) is 3.46. The van der Waals surface area contributed by atoms with Crippen LogP contribution in [0.5, 0.6) is 0 Å². The Morgan fingerprint density at radius 1 is 1.41 bits per heavy atom. The van der Waals surface area contributed by atoms with Crippen molar-refractivity contribution in [3.05, 3.63) is 34.1 Å². The topological polar surface area (TPSA) is 12.0 Å². The van der Waals surface area contributed by atoms with E-state index in [0.29, 0.717) is 5.41 Å². The Morgan fingerprint density at radius 2 is 2.18 bits per heavy atom. The fourth-order valence-electron chi connectivity index (χ4n) is 2.21. The lowest BCUT2D eigenvalue weighted by Gasteiger charge is -2.16.